The fourth-order valence-electron chi connectivity index (χ4n) is 4.58. The molecule has 1 unspecified atom stereocenters. The van der Waals surface area contributed by atoms with Gasteiger partial charge in [0.05, 0.1) is 27.5 Å². The van der Waals surface area contributed by atoms with E-state index in [-0.39, 0.29) is 23.7 Å². The first-order valence-corrected chi connectivity index (χ1v) is 13.4. The van der Waals surface area contributed by atoms with Crippen LogP contribution >= 0.6 is 22.9 Å². The van der Waals surface area contributed by atoms with Gasteiger partial charge in [0, 0.05) is 19.1 Å². The van der Waals surface area contributed by atoms with E-state index in [0.29, 0.717) is 59.0 Å². The number of hydrogen-bond acceptors (Lipinski definition) is 9. The van der Waals surface area contributed by atoms with Crippen LogP contribution in [0.3, 0.4) is 0 Å². The number of piperidine rings is 1. The topological polar surface area (TPSA) is 115 Å². The Labute approximate surface area is 222 Å². The minimum atomic E-state index is -0.568. The molecule has 37 heavy (non-hydrogen) atoms. The molecule has 4 aromatic rings. The monoisotopic (exact) mass is 541 g/mol. The number of ether oxygens (including phenoxy) is 1. The number of carbonyl (C=O) groups is 1. The standard InChI is InChI=1S/C25H28ClN7O3S/c1-14(30-20-19-22(28-12-27-20)37-13-29-19)21-31-17-7-5-6-16(26)18(17)23(34)33(21)15-8-10-32(11-9-15)24(35)36-25(2,3)4/h5-7,12-15H,8-11H2,1-4H3,(H,27,28,30). The molecular weight excluding hydrogens is 514 g/mol. The van der Waals surface area contributed by atoms with Crippen LogP contribution in [0.2, 0.25) is 5.02 Å². The number of aromatic nitrogens is 5. The van der Waals surface area contributed by atoms with Crippen LogP contribution in [0.5, 0.6) is 0 Å². The molecule has 10 nitrogen and oxygen atoms in total. The fraction of sp³-hybridized carbons (Fsp3) is 0.440. The highest BCUT2D eigenvalue weighted by Gasteiger charge is 2.31. The van der Waals surface area contributed by atoms with Crippen molar-refractivity contribution < 1.29 is 9.53 Å². The smallest absolute Gasteiger partial charge is 0.410 e. The number of halogens is 1. The summed E-state index contributed by atoms with van der Waals surface area (Å²) in [4.78, 5) is 46.8. The van der Waals surface area contributed by atoms with Gasteiger partial charge in [-0.3, -0.25) is 9.36 Å². The number of rotatable bonds is 4. The van der Waals surface area contributed by atoms with Crippen LogP contribution in [0, 0.1) is 0 Å². The molecule has 1 aliphatic heterocycles. The first-order chi connectivity index (χ1) is 17.6. The minimum Gasteiger partial charge on any atom is -0.444 e. The molecule has 1 saturated heterocycles. The van der Waals surface area contributed by atoms with Crippen molar-refractivity contribution in [3.05, 3.63) is 51.2 Å². The van der Waals surface area contributed by atoms with Crippen molar-refractivity contribution >= 4 is 56.1 Å². The van der Waals surface area contributed by atoms with E-state index in [2.05, 4.69) is 20.3 Å². The Morgan fingerprint density at radius 1 is 1.22 bits per heavy atom. The number of fused-ring (bicyclic) bond motifs is 2. The summed E-state index contributed by atoms with van der Waals surface area (Å²) >= 11 is 7.88. The predicted molar refractivity (Wildman–Crippen MR) is 144 cm³/mol. The Bertz CT molecular complexity index is 1520. The van der Waals surface area contributed by atoms with Gasteiger partial charge in [0.15, 0.2) is 5.82 Å². The molecule has 1 N–H and O–H groups in total. The van der Waals surface area contributed by atoms with Crippen LogP contribution in [0.15, 0.2) is 34.8 Å². The van der Waals surface area contributed by atoms with Gasteiger partial charge in [-0.05, 0) is 52.7 Å². The van der Waals surface area contributed by atoms with Crippen molar-refractivity contribution in [2.45, 2.75) is 58.2 Å². The molecule has 5 rings (SSSR count). The lowest BCUT2D eigenvalue weighted by molar-refractivity contribution is 0.0186. The Morgan fingerprint density at radius 3 is 2.70 bits per heavy atom. The van der Waals surface area contributed by atoms with Crippen molar-refractivity contribution in [2.24, 2.45) is 0 Å². The first kappa shape index (κ1) is 25.3. The molecule has 1 atom stereocenters. The number of nitrogens with zero attached hydrogens (tertiary/aromatic N) is 6. The number of thiazole rings is 1. The van der Waals surface area contributed by atoms with E-state index < -0.39 is 5.60 Å². The maximum Gasteiger partial charge on any atom is 0.410 e. The summed E-state index contributed by atoms with van der Waals surface area (Å²) in [6.07, 6.45) is 2.31. The summed E-state index contributed by atoms with van der Waals surface area (Å²) in [6.45, 7) is 8.42. The quantitative estimate of drug-likeness (QED) is 0.375. The Kier molecular flexibility index (Phi) is 6.76. The van der Waals surface area contributed by atoms with Crippen molar-refractivity contribution in [1.29, 1.82) is 0 Å². The fourth-order valence-corrected chi connectivity index (χ4v) is 5.46. The van der Waals surface area contributed by atoms with Crippen LogP contribution < -0.4 is 10.9 Å². The van der Waals surface area contributed by atoms with Gasteiger partial charge in [-0.25, -0.2) is 24.7 Å². The SMILES string of the molecule is CC(Nc1ncnc2scnc12)c1nc2cccc(Cl)c2c(=O)n1C1CCN(C(=O)OC(C)(C)C)CC1. The first-order valence-electron chi connectivity index (χ1n) is 12.1. The number of anilines is 1. The molecule has 4 heterocycles. The van der Waals surface area contributed by atoms with E-state index in [1.165, 1.54) is 17.7 Å². The zero-order valence-corrected chi connectivity index (χ0v) is 22.6. The van der Waals surface area contributed by atoms with E-state index in [1.54, 1.807) is 33.2 Å². The summed E-state index contributed by atoms with van der Waals surface area (Å²) < 4.78 is 7.27. The van der Waals surface area contributed by atoms with Gasteiger partial charge in [-0.1, -0.05) is 17.7 Å². The van der Waals surface area contributed by atoms with Gasteiger partial charge < -0.3 is 15.0 Å². The molecule has 0 spiro atoms. The van der Waals surface area contributed by atoms with Gasteiger partial charge in [0.2, 0.25) is 0 Å². The van der Waals surface area contributed by atoms with Crippen LogP contribution in [0.25, 0.3) is 21.3 Å². The molecule has 1 fully saturated rings. The highest BCUT2D eigenvalue weighted by Crippen LogP contribution is 2.30. The molecular formula is C25H28ClN7O3S. The van der Waals surface area contributed by atoms with Gasteiger partial charge in [-0.2, -0.15) is 0 Å². The van der Waals surface area contributed by atoms with Crippen LogP contribution in [0.1, 0.15) is 58.4 Å². The highest BCUT2D eigenvalue weighted by atomic mass is 35.5. The molecule has 1 aliphatic rings. The van der Waals surface area contributed by atoms with Crippen molar-refractivity contribution in [2.75, 3.05) is 18.4 Å². The van der Waals surface area contributed by atoms with Crippen molar-refractivity contribution in [3.8, 4) is 0 Å². The third-order valence-electron chi connectivity index (χ3n) is 6.26. The summed E-state index contributed by atoms with van der Waals surface area (Å²) in [7, 11) is 0. The normalized spacial score (nSPS) is 15.8. The number of hydrogen-bond donors (Lipinski definition) is 1. The van der Waals surface area contributed by atoms with E-state index in [4.69, 9.17) is 21.3 Å². The Morgan fingerprint density at radius 2 is 1.97 bits per heavy atom. The highest BCUT2D eigenvalue weighted by molar-refractivity contribution is 7.16. The number of nitrogens with one attached hydrogen (secondary N) is 1. The average molecular weight is 542 g/mol. The lowest BCUT2D eigenvalue weighted by Gasteiger charge is -2.35. The zero-order valence-electron chi connectivity index (χ0n) is 21.1. The Balaban J connectivity index is 1.50. The molecule has 0 aliphatic carbocycles. The molecule has 1 aromatic carbocycles. The van der Waals surface area contributed by atoms with E-state index in [9.17, 15) is 9.59 Å². The molecule has 194 valence electrons. The van der Waals surface area contributed by atoms with Crippen LogP contribution in [0.4, 0.5) is 10.6 Å². The maximum atomic E-state index is 13.9. The second-order valence-electron chi connectivity index (χ2n) is 10.1. The van der Waals surface area contributed by atoms with Crippen molar-refractivity contribution in [3.63, 3.8) is 0 Å². The molecule has 12 heteroatoms. The largest absolute Gasteiger partial charge is 0.444 e. The molecule has 0 bridgehead atoms. The third kappa shape index (κ3) is 5.10. The van der Waals surface area contributed by atoms with E-state index in [1.807, 2.05) is 27.7 Å². The van der Waals surface area contributed by atoms with Gasteiger partial charge in [0.1, 0.15) is 28.1 Å². The maximum absolute atomic E-state index is 13.9. The Hall–Kier alpha value is -3.31. The molecule has 3 aromatic heterocycles. The summed E-state index contributed by atoms with van der Waals surface area (Å²) in [5.41, 5.74) is 2.16. The lowest BCUT2D eigenvalue weighted by Crippen LogP contribution is -2.44. The van der Waals surface area contributed by atoms with E-state index in [0.717, 1.165) is 4.83 Å². The van der Waals surface area contributed by atoms with Crippen LogP contribution in [-0.4, -0.2) is 54.2 Å². The second-order valence-corrected chi connectivity index (χ2v) is 11.3. The summed E-state index contributed by atoms with van der Waals surface area (Å²) in [6, 6.07) is 4.73. The number of benzene rings is 1. The molecule has 0 saturated carbocycles. The number of likely N-dealkylation sites (tertiary alicyclic amines) is 1. The van der Waals surface area contributed by atoms with Gasteiger partial charge in [-0.15, -0.1) is 11.3 Å². The zero-order chi connectivity index (χ0) is 26.3. The lowest BCUT2D eigenvalue weighted by atomic mass is 10.0. The third-order valence-corrected chi connectivity index (χ3v) is 7.31. The second kappa shape index (κ2) is 9.86. The summed E-state index contributed by atoms with van der Waals surface area (Å²) in [5.74, 6) is 1.14. The molecule has 1 amide bonds. The van der Waals surface area contributed by atoms with E-state index >= 15 is 0 Å². The van der Waals surface area contributed by atoms with Gasteiger partial charge >= 0.3 is 6.09 Å². The van der Waals surface area contributed by atoms with Gasteiger partial charge in [0.25, 0.3) is 5.56 Å². The molecule has 0 radical (unpaired) electrons. The summed E-state index contributed by atoms with van der Waals surface area (Å²) in [5, 5.41) is 4.13. The predicted octanol–water partition coefficient (Wildman–Crippen LogP) is 5.19. The number of carbonyl (C=O) groups excluding carboxylic acids is 1. The number of amides is 1. The average Bonchev–Trinajstić information content (AvgIpc) is 3.33. The minimum absolute atomic E-state index is 0.164. The van der Waals surface area contributed by atoms with Crippen molar-refractivity contribution in [1.82, 2.24) is 29.4 Å². The van der Waals surface area contributed by atoms with Crippen LogP contribution in [-0.2, 0) is 4.74 Å².